The van der Waals surface area contributed by atoms with Gasteiger partial charge < -0.3 is 4.74 Å². The maximum absolute atomic E-state index is 12.7. The normalized spacial score (nSPS) is 11.1. The van der Waals surface area contributed by atoms with Gasteiger partial charge in [0.2, 0.25) is 4.96 Å². The van der Waals surface area contributed by atoms with Crippen LogP contribution in [0.1, 0.15) is 32.4 Å². The molecule has 4 aromatic rings. The first-order chi connectivity index (χ1) is 13.4. The van der Waals surface area contributed by atoms with Crippen LogP contribution in [0.4, 0.5) is 0 Å². The van der Waals surface area contributed by atoms with Crippen molar-refractivity contribution in [2.45, 2.75) is 27.4 Å². The summed E-state index contributed by atoms with van der Waals surface area (Å²) in [5.74, 6) is -0.479. The maximum atomic E-state index is 12.7. The molecule has 0 fully saturated rings. The number of hydrogen-bond donors (Lipinski definition) is 0. The predicted octanol–water partition coefficient (Wildman–Crippen LogP) is 2.62. The van der Waals surface area contributed by atoms with Crippen molar-refractivity contribution in [3.05, 3.63) is 74.4 Å². The van der Waals surface area contributed by atoms with Gasteiger partial charge in [-0.25, -0.2) is 14.5 Å². The Morgan fingerprint density at radius 3 is 2.64 bits per heavy atom. The number of fused-ring (bicyclic) bond motifs is 1. The minimum Gasteiger partial charge on any atom is -0.455 e. The van der Waals surface area contributed by atoms with E-state index in [1.807, 2.05) is 37.3 Å². The number of benzene rings is 1. The Labute approximate surface area is 164 Å². The second-order valence-corrected chi connectivity index (χ2v) is 7.34. The third kappa shape index (κ3) is 3.20. The Morgan fingerprint density at radius 1 is 1.14 bits per heavy atom. The highest BCUT2D eigenvalue weighted by Gasteiger charge is 2.21. The first kappa shape index (κ1) is 18.1. The number of aromatic nitrogens is 5. The maximum Gasteiger partial charge on any atom is 0.342 e. The van der Waals surface area contributed by atoms with Gasteiger partial charge in [-0.1, -0.05) is 29.5 Å². The van der Waals surface area contributed by atoms with Gasteiger partial charge in [0.1, 0.15) is 12.2 Å². The van der Waals surface area contributed by atoms with E-state index in [-0.39, 0.29) is 12.2 Å². The molecule has 4 rings (SSSR count). The van der Waals surface area contributed by atoms with E-state index in [2.05, 4.69) is 15.2 Å². The van der Waals surface area contributed by atoms with Gasteiger partial charge >= 0.3 is 5.97 Å². The van der Waals surface area contributed by atoms with Crippen LogP contribution in [0.15, 0.2) is 41.2 Å². The Hall–Kier alpha value is -3.33. The molecular weight excluding hydrogens is 378 g/mol. The van der Waals surface area contributed by atoms with Gasteiger partial charge in [0.25, 0.3) is 5.56 Å². The molecule has 3 aromatic heterocycles. The van der Waals surface area contributed by atoms with Crippen LogP contribution in [0.5, 0.6) is 0 Å². The molecule has 0 aliphatic carbocycles. The SMILES string of the molecule is Cc1cc(=O)n2nc(COC(=O)c3c(C)nn(-c4ccccc4)c3C)sc2n1. The largest absolute Gasteiger partial charge is 0.455 e. The van der Waals surface area contributed by atoms with Crippen molar-refractivity contribution in [1.82, 2.24) is 24.4 Å². The van der Waals surface area contributed by atoms with Crippen LogP contribution >= 0.6 is 11.3 Å². The molecule has 0 atom stereocenters. The molecule has 0 unspecified atom stereocenters. The lowest BCUT2D eigenvalue weighted by Crippen LogP contribution is -2.14. The second-order valence-electron chi connectivity index (χ2n) is 6.30. The summed E-state index contributed by atoms with van der Waals surface area (Å²) in [5.41, 5.74) is 2.95. The summed E-state index contributed by atoms with van der Waals surface area (Å²) in [6, 6.07) is 11.0. The lowest BCUT2D eigenvalue weighted by Gasteiger charge is -2.05. The molecule has 9 heteroatoms. The molecule has 0 saturated carbocycles. The van der Waals surface area contributed by atoms with E-state index in [0.29, 0.717) is 32.6 Å². The van der Waals surface area contributed by atoms with Crippen LogP contribution in [0.25, 0.3) is 10.6 Å². The highest BCUT2D eigenvalue weighted by molar-refractivity contribution is 7.16. The average Bonchev–Trinajstić information content (AvgIpc) is 3.21. The zero-order valence-corrected chi connectivity index (χ0v) is 16.4. The minimum absolute atomic E-state index is 0.0409. The van der Waals surface area contributed by atoms with E-state index in [1.165, 1.54) is 21.9 Å². The summed E-state index contributed by atoms with van der Waals surface area (Å²) in [6.07, 6.45) is 0. The van der Waals surface area contributed by atoms with Crippen molar-refractivity contribution < 1.29 is 9.53 Å². The lowest BCUT2D eigenvalue weighted by atomic mass is 10.2. The Morgan fingerprint density at radius 2 is 1.89 bits per heavy atom. The van der Waals surface area contributed by atoms with Gasteiger partial charge in [-0.05, 0) is 32.9 Å². The molecule has 0 N–H and O–H groups in total. The van der Waals surface area contributed by atoms with Crippen molar-refractivity contribution in [2.24, 2.45) is 0 Å². The molecule has 0 bridgehead atoms. The third-order valence-corrected chi connectivity index (χ3v) is 5.12. The molecular formula is C19H17N5O3S. The number of nitrogens with zero attached hydrogens (tertiary/aromatic N) is 5. The fourth-order valence-electron chi connectivity index (χ4n) is 2.98. The summed E-state index contributed by atoms with van der Waals surface area (Å²) in [6.45, 7) is 5.30. The van der Waals surface area contributed by atoms with Gasteiger partial charge in [0.15, 0.2) is 5.01 Å². The van der Waals surface area contributed by atoms with Gasteiger partial charge in [-0.3, -0.25) is 4.79 Å². The monoisotopic (exact) mass is 395 g/mol. The molecule has 0 amide bonds. The fraction of sp³-hybridized carbons (Fsp3) is 0.211. The van der Waals surface area contributed by atoms with Crippen molar-refractivity contribution >= 4 is 22.3 Å². The highest BCUT2D eigenvalue weighted by atomic mass is 32.1. The minimum atomic E-state index is -0.479. The number of ether oxygens (including phenoxy) is 1. The molecule has 3 heterocycles. The van der Waals surface area contributed by atoms with E-state index < -0.39 is 5.97 Å². The molecule has 28 heavy (non-hydrogen) atoms. The molecule has 0 aliphatic rings. The van der Waals surface area contributed by atoms with E-state index in [9.17, 15) is 9.59 Å². The summed E-state index contributed by atoms with van der Waals surface area (Å²) in [5, 5.41) is 9.13. The van der Waals surface area contributed by atoms with Crippen molar-refractivity contribution in [3.8, 4) is 5.69 Å². The summed E-state index contributed by atoms with van der Waals surface area (Å²) in [7, 11) is 0. The Bertz CT molecular complexity index is 1240. The van der Waals surface area contributed by atoms with E-state index >= 15 is 0 Å². The van der Waals surface area contributed by atoms with Crippen LogP contribution in [0.3, 0.4) is 0 Å². The zero-order valence-electron chi connectivity index (χ0n) is 15.5. The van der Waals surface area contributed by atoms with Crippen LogP contribution in [0, 0.1) is 20.8 Å². The lowest BCUT2D eigenvalue weighted by molar-refractivity contribution is 0.0469. The highest BCUT2D eigenvalue weighted by Crippen LogP contribution is 2.20. The van der Waals surface area contributed by atoms with E-state index in [1.54, 1.807) is 18.5 Å². The molecule has 142 valence electrons. The molecule has 0 spiro atoms. The summed E-state index contributed by atoms with van der Waals surface area (Å²) in [4.78, 5) is 29.4. The summed E-state index contributed by atoms with van der Waals surface area (Å²) < 4.78 is 8.37. The first-order valence-corrected chi connectivity index (χ1v) is 9.41. The summed E-state index contributed by atoms with van der Waals surface area (Å²) >= 11 is 1.22. The third-order valence-electron chi connectivity index (χ3n) is 4.24. The topological polar surface area (TPSA) is 91.4 Å². The number of hydrogen-bond acceptors (Lipinski definition) is 7. The van der Waals surface area contributed by atoms with Gasteiger partial charge in [0.05, 0.1) is 17.1 Å². The number of rotatable bonds is 4. The number of aryl methyl sites for hydroxylation is 2. The zero-order chi connectivity index (χ0) is 19.8. The van der Waals surface area contributed by atoms with E-state index in [4.69, 9.17) is 4.74 Å². The Kier molecular flexibility index (Phi) is 4.52. The van der Waals surface area contributed by atoms with Crippen molar-refractivity contribution in [2.75, 3.05) is 0 Å². The van der Waals surface area contributed by atoms with Crippen LogP contribution < -0.4 is 5.56 Å². The first-order valence-electron chi connectivity index (χ1n) is 8.59. The number of para-hydroxylation sites is 1. The van der Waals surface area contributed by atoms with Crippen LogP contribution in [-0.4, -0.2) is 30.3 Å². The second kappa shape index (κ2) is 7.01. The molecule has 0 aliphatic heterocycles. The van der Waals surface area contributed by atoms with Crippen molar-refractivity contribution in [3.63, 3.8) is 0 Å². The molecule has 0 radical (unpaired) electrons. The Balaban J connectivity index is 1.57. The molecule has 0 saturated heterocycles. The van der Waals surface area contributed by atoms with E-state index in [0.717, 1.165) is 5.69 Å². The van der Waals surface area contributed by atoms with Crippen molar-refractivity contribution in [1.29, 1.82) is 0 Å². The molecule has 8 nitrogen and oxygen atoms in total. The number of esters is 1. The number of carbonyl (C=O) groups excluding carboxylic acids is 1. The quantitative estimate of drug-likeness (QED) is 0.493. The van der Waals surface area contributed by atoms with Gasteiger partial charge in [-0.2, -0.15) is 14.7 Å². The smallest absolute Gasteiger partial charge is 0.342 e. The van der Waals surface area contributed by atoms with Gasteiger partial charge in [0, 0.05) is 11.8 Å². The fourth-order valence-corrected chi connectivity index (χ4v) is 3.83. The standard InChI is InChI=1S/C19H17N5O3S/c1-11-9-16(25)24-19(20-11)28-15(22-24)10-27-18(26)17-12(2)21-23(13(17)3)14-7-5-4-6-8-14/h4-9H,10H2,1-3H3. The van der Waals surface area contributed by atoms with Crippen LogP contribution in [-0.2, 0) is 11.3 Å². The average molecular weight is 395 g/mol. The molecule has 1 aromatic carbocycles. The number of carbonyl (C=O) groups is 1. The van der Waals surface area contributed by atoms with Crippen LogP contribution in [0.2, 0.25) is 0 Å². The predicted molar refractivity (Wildman–Crippen MR) is 104 cm³/mol. The van der Waals surface area contributed by atoms with Gasteiger partial charge in [-0.15, -0.1) is 0 Å².